The van der Waals surface area contributed by atoms with E-state index in [1.165, 1.54) is 0 Å². The Hall–Kier alpha value is -0.0800. The summed E-state index contributed by atoms with van der Waals surface area (Å²) in [5, 5.41) is 0. The van der Waals surface area contributed by atoms with E-state index in [0.29, 0.717) is 11.6 Å². The second kappa shape index (κ2) is 3.75. The molecule has 0 aromatic rings. The quantitative estimate of drug-likeness (QED) is 0.597. The van der Waals surface area contributed by atoms with E-state index in [9.17, 15) is 0 Å². The third kappa shape index (κ3) is 2.46. The molecule has 0 bridgehead atoms. The largest absolute Gasteiger partial charge is 0.376 e. The molecule has 1 aliphatic heterocycles. The zero-order chi connectivity index (χ0) is 9.19. The number of morpholine rings is 1. The van der Waals surface area contributed by atoms with Crippen molar-refractivity contribution in [1.82, 2.24) is 4.90 Å². The highest BCUT2D eigenvalue weighted by atomic mass is 16.5. The molecule has 0 N–H and O–H groups in total. The Morgan fingerprint density at radius 1 is 1.42 bits per heavy atom. The maximum atomic E-state index is 5.61. The number of rotatable bonds is 1. The molecule has 0 aromatic heterocycles. The van der Waals surface area contributed by atoms with Gasteiger partial charge in [0.25, 0.3) is 0 Å². The molecule has 0 aromatic carbocycles. The monoisotopic (exact) mass is 171 g/mol. The number of hydrogen-bond donors (Lipinski definition) is 0. The van der Waals surface area contributed by atoms with Crippen molar-refractivity contribution in [2.24, 2.45) is 0 Å². The third-order valence-corrected chi connectivity index (χ3v) is 2.54. The summed E-state index contributed by atoms with van der Waals surface area (Å²) < 4.78 is 5.61. The van der Waals surface area contributed by atoms with Crippen LogP contribution in [0, 0.1) is 0 Å². The van der Waals surface area contributed by atoms with Gasteiger partial charge < -0.3 is 4.74 Å². The van der Waals surface area contributed by atoms with E-state index in [0.717, 1.165) is 26.1 Å². The van der Waals surface area contributed by atoms with Crippen LogP contribution < -0.4 is 0 Å². The van der Waals surface area contributed by atoms with Crippen LogP contribution in [0.1, 0.15) is 34.1 Å². The van der Waals surface area contributed by atoms with Crippen LogP contribution in [-0.4, -0.2) is 36.2 Å². The highest BCUT2D eigenvalue weighted by molar-refractivity contribution is 4.81. The first kappa shape index (κ1) is 10.0. The van der Waals surface area contributed by atoms with Gasteiger partial charge in [-0.3, -0.25) is 4.90 Å². The number of nitrogens with zero attached hydrogens (tertiary/aromatic N) is 1. The highest BCUT2D eigenvalue weighted by Gasteiger charge is 2.27. The summed E-state index contributed by atoms with van der Waals surface area (Å²) in [6.07, 6.45) is 1.59. The molecule has 0 unspecified atom stereocenters. The number of ether oxygens (including phenoxy) is 1. The summed E-state index contributed by atoms with van der Waals surface area (Å²) in [5.74, 6) is 0. The Morgan fingerprint density at radius 2 is 2.08 bits per heavy atom. The van der Waals surface area contributed by atoms with Crippen LogP contribution in [0.4, 0.5) is 0 Å². The van der Waals surface area contributed by atoms with Gasteiger partial charge in [-0.2, -0.15) is 0 Å². The third-order valence-electron chi connectivity index (χ3n) is 2.54. The second-order valence-electron chi connectivity index (χ2n) is 4.52. The van der Waals surface area contributed by atoms with Crippen molar-refractivity contribution in [3.8, 4) is 0 Å². The molecule has 72 valence electrons. The molecule has 0 spiro atoms. The Bertz CT molecular complexity index is 139. The normalized spacial score (nSPS) is 27.5. The number of hydrogen-bond acceptors (Lipinski definition) is 2. The lowest BCUT2D eigenvalue weighted by atomic mass is 10.0. The van der Waals surface area contributed by atoms with Crippen LogP contribution in [-0.2, 0) is 4.74 Å². The van der Waals surface area contributed by atoms with E-state index in [1.54, 1.807) is 0 Å². The molecule has 1 rings (SSSR count). The summed E-state index contributed by atoms with van der Waals surface area (Å²) in [4.78, 5) is 2.50. The van der Waals surface area contributed by atoms with Crippen molar-refractivity contribution < 1.29 is 4.74 Å². The van der Waals surface area contributed by atoms with Gasteiger partial charge in [-0.25, -0.2) is 0 Å². The maximum absolute atomic E-state index is 5.61. The Kier molecular flexibility index (Phi) is 3.13. The van der Waals surface area contributed by atoms with Gasteiger partial charge in [0.2, 0.25) is 0 Å². The van der Waals surface area contributed by atoms with E-state index >= 15 is 0 Å². The molecular weight excluding hydrogens is 150 g/mol. The summed E-state index contributed by atoms with van der Waals surface area (Å²) in [5.41, 5.74) is 0.303. The molecule has 2 heteroatoms. The van der Waals surface area contributed by atoms with Gasteiger partial charge in [-0.05, 0) is 27.2 Å². The van der Waals surface area contributed by atoms with Gasteiger partial charge in [-0.1, -0.05) is 6.92 Å². The molecule has 1 fully saturated rings. The van der Waals surface area contributed by atoms with Crippen LogP contribution in [0.25, 0.3) is 0 Å². The smallest absolute Gasteiger partial charge is 0.0700 e. The first-order chi connectivity index (χ1) is 5.54. The van der Waals surface area contributed by atoms with Crippen LogP contribution >= 0.6 is 0 Å². The Labute approximate surface area is 75.9 Å². The molecule has 1 atom stereocenters. The molecule has 1 heterocycles. The fraction of sp³-hybridized carbons (Fsp3) is 1.00. The van der Waals surface area contributed by atoms with Crippen molar-refractivity contribution >= 4 is 0 Å². The zero-order valence-corrected chi connectivity index (χ0v) is 8.76. The van der Waals surface area contributed by atoms with Gasteiger partial charge >= 0.3 is 0 Å². The molecule has 0 aliphatic carbocycles. The molecule has 12 heavy (non-hydrogen) atoms. The van der Waals surface area contributed by atoms with Crippen molar-refractivity contribution in [1.29, 1.82) is 0 Å². The first-order valence-corrected chi connectivity index (χ1v) is 4.90. The summed E-state index contributed by atoms with van der Waals surface area (Å²) in [6.45, 7) is 12.1. The fourth-order valence-electron chi connectivity index (χ4n) is 1.58. The standard InChI is InChI=1S/C10H21NO/c1-5-9-8-11(6-7-12-9)10(2,3)4/h9H,5-8H2,1-4H3/t9-/m0/s1. The minimum atomic E-state index is 0.303. The fourth-order valence-corrected chi connectivity index (χ4v) is 1.58. The predicted molar refractivity (Wildman–Crippen MR) is 51.4 cm³/mol. The molecule has 1 saturated heterocycles. The molecular formula is C10H21NO. The predicted octanol–water partition coefficient (Wildman–Crippen LogP) is 1.90. The SMILES string of the molecule is CC[C@H]1CN(C(C)(C)C)CCO1. The highest BCUT2D eigenvalue weighted by Crippen LogP contribution is 2.18. The molecule has 1 aliphatic rings. The van der Waals surface area contributed by atoms with Gasteiger partial charge in [0, 0.05) is 18.6 Å². The van der Waals surface area contributed by atoms with Gasteiger partial charge in [0.05, 0.1) is 12.7 Å². The van der Waals surface area contributed by atoms with Crippen LogP contribution in [0.5, 0.6) is 0 Å². The van der Waals surface area contributed by atoms with E-state index in [4.69, 9.17) is 4.74 Å². The van der Waals surface area contributed by atoms with Crippen LogP contribution in [0.2, 0.25) is 0 Å². The summed E-state index contributed by atoms with van der Waals surface area (Å²) in [7, 11) is 0. The van der Waals surface area contributed by atoms with E-state index in [1.807, 2.05) is 0 Å². The molecule has 0 amide bonds. The molecule has 0 radical (unpaired) electrons. The summed E-state index contributed by atoms with van der Waals surface area (Å²) in [6, 6.07) is 0. The van der Waals surface area contributed by atoms with Gasteiger partial charge in [0.1, 0.15) is 0 Å². The lowest BCUT2D eigenvalue weighted by Gasteiger charge is -2.41. The lowest BCUT2D eigenvalue weighted by Crippen LogP contribution is -2.51. The molecule has 2 nitrogen and oxygen atoms in total. The maximum Gasteiger partial charge on any atom is 0.0700 e. The van der Waals surface area contributed by atoms with Gasteiger partial charge in [0.15, 0.2) is 0 Å². The van der Waals surface area contributed by atoms with Crippen molar-refractivity contribution in [3.63, 3.8) is 0 Å². The van der Waals surface area contributed by atoms with Crippen molar-refractivity contribution in [3.05, 3.63) is 0 Å². The average Bonchev–Trinajstić information content (AvgIpc) is 2.03. The zero-order valence-electron chi connectivity index (χ0n) is 8.76. The summed E-state index contributed by atoms with van der Waals surface area (Å²) >= 11 is 0. The average molecular weight is 171 g/mol. The Morgan fingerprint density at radius 3 is 2.58 bits per heavy atom. The topological polar surface area (TPSA) is 12.5 Å². The minimum absolute atomic E-state index is 0.303. The van der Waals surface area contributed by atoms with Gasteiger partial charge in [-0.15, -0.1) is 0 Å². The van der Waals surface area contributed by atoms with E-state index in [-0.39, 0.29) is 0 Å². The molecule has 0 saturated carbocycles. The second-order valence-corrected chi connectivity index (χ2v) is 4.52. The Balaban J connectivity index is 2.46. The van der Waals surface area contributed by atoms with Crippen LogP contribution in [0.3, 0.4) is 0 Å². The lowest BCUT2D eigenvalue weighted by molar-refractivity contribution is -0.0588. The van der Waals surface area contributed by atoms with Crippen molar-refractivity contribution in [2.75, 3.05) is 19.7 Å². The minimum Gasteiger partial charge on any atom is -0.376 e. The van der Waals surface area contributed by atoms with Crippen molar-refractivity contribution in [2.45, 2.75) is 45.8 Å². The van der Waals surface area contributed by atoms with Crippen LogP contribution in [0.15, 0.2) is 0 Å². The van der Waals surface area contributed by atoms with E-state index < -0.39 is 0 Å². The van der Waals surface area contributed by atoms with E-state index in [2.05, 4.69) is 32.6 Å². The first-order valence-electron chi connectivity index (χ1n) is 4.90.